The third-order valence-electron chi connectivity index (χ3n) is 3.94. The van der Waals surface area contributed by atoms with Crippen LogP contribution < -0.4 is 10.6 Å². The average Bonchev–Trinajstić information content (AvgIpc) is 2.38. The fraction of sp³-hybridized carbons (Fsp3) is 0.533. The lowest BCUT2D eigenvalue weighted by molar-refractivity contribution is 0.155. The number of anilines is 1. The number of hydrogen-bond donors (Lipinski definition) is 1. The van der Waals surface area contributed by atoms with E-state index in [1.54, 1.807) is 0 Å². The molecule has 0 aromatic heterocycles. The Kier molecular flexibility index (Phi) is 3.79. The molecule has 1 aliphatic rings. The number of rotatable bonds is 2. The average molecular weight is 258 g/mol. The van der Waals surface area contributed by atoms with Gasteiger partial charge in [-0.15, -0.1) is 0 Å². The first-order valence-electron chi connectivity index (χ1n) is 6.66. The van der Waals surface area contributed by atoms with Crippen molar-refractivity contribution in [3.8, 4) is 6.07 Å². The van der Waals surface area contributed by atoms with Gasteiger partial charge in [0, 0.05) is 36.9 Å². The molecule has 1 fully saturated rings. The fourth-order valence-electron chi connectivity index (χ4n) is 2.87. The van der Waals surface area contributed by atoms with Crippen molar-refractivity contribution in [2.24, 2.45) is 5.73 Å². The summed E-state index contributed by atoms with van der Waals surface area (Å²) < 4.78 is 0. The van der Waals surface area contributed by atoms with Gasteiger partial charge in [0.05, 0.1) is 11.6 Å². The molecule has 0 bridgehead atoms. The maximum Gasteiger partial charge on any atom is 0.0992 e. The number of nitriles is 1. The molecule has 4 nitrogen and oxygen atoms in total. The summed E-state index contributed by atoms with van der Waals surface area (Å²) >= 11 is 0. The lowest BCUT2D eigenvalue weighted by Crippen LogP contribution is -2.64. The second-order valence-corrected chi connectivity index (χ2v) is 5.89. The van der Waals surface area contributed by atoms with Gasteiger partial charge in [0.15, 0.2) is 0 Å². The van der Waals surface area contributed by atoms with E-state index in [4.69, 9.17) is 11.0 Å². The summed E-state index contributed by atoms with van der Waals surface area (Å²) in [5.74, 6) is 0. The zero-order chi connectivity index (χ0) is 14.0. The van der Waals surface area contributed by atoms with Crippen LogP contribution in [0.2, 0.25) is 0 Å². The summed E-state index contributed by atoms with van der Waals surface area (Å²) in [5, 5.41) is 9.03. The summed E-state index contributed by atoms with van der Waals surface area (Å²) in [6, 6.07) is 10.4. The highest BCUT2D eigenvalue weighted by Gasteiger charge is 2.36. The highest BCUT2D eigenvalue weighted by Crippen LogP contribution is 2.29. The Balaban J connectivity index is 2.33. The topological polar surface area (TPSA) is 56.3 Å². The first-order chi connectivity index (χ1) is 8.97. The van der Waals surface area contributed by atoms with Crippen LogP contribution >= 0.6 is 0 Å². The molecule has 1 aromatic rings. The molecule has 1 heterocycles. The molecular formula is C15H22N4. The lowest BCUT2D eigenvalue weighted by atomic mass is 9.94. The van der Waals surface area contributed by atoms with Crippen LogP contribution in [0.3, 0.4) is 0 Å². The standard InChI is InChI=1S/C15H22N4/c1-15(2)11-18(3)14(9-17)10-19(15)13-6-4-5-12(7-13)8-16/h4-7,14H,9-11,17H2,1-3H3. The molecule has 0 amide bonds. The molecule has 4 heteroatoms. The van der Waals surface area contributed by atoms with Crippen LogP contribution in [0.15, 0.2) is 24.3 Å². The van der Waals surface area contributed by atoms with E-state index in [0.717, 1.165) is 18.8 Å². The Bertz CT molecular complexity index is 489. The van der Waals surface area contributed by atoms with Crippen molar-refractivity contribution in [2.45, 2.75) is 25.4 Å². The van der Waals surface area contributed by atoms with Crippen molar-refractivity contribution in [3.05, 3.63) is 29.8 Å². The molecule has 1 atom stereocenters. The van der Waals surface area contributed by atoms with Crippen LogP contribution in [0.4, 0.5) is 5.69 Å². The number of benzene rings is 1. The van der Waals surface area contributed by atoms with Gasteiger partial charge in [0.25, 0.3) is 0 Å². The molecule has 2 N–H and O–H groups in total. The molecule has 0 saturated carbocycles. The molecule has 2 rings (SSSR count). The van der Waals surface area contributed by atoms with Gasteiger partial charge in [-0.3, -0.25) is 4.90 Å². The van der Waals surface area contributed by atoms with Crippen molar-refractivity contribution in [1.29, 1.82) is 5.26 Å². The summed E-state index contributed by atoms with van der Waals surface area (Å²) in [4.78, 5) is 4.69. The highest BCUT2D eigenvalue weighted by atomic mass is 15.3. The smallest absolute Gasteiger partial charge is 0.0992 e. The van der Waals surface area contributed by atoms with E-state index in [0.29, 0.717) is 18.2 Å². The zero-order valence-corrected chi connectivity index (χ0v) is 11.9. The zero-order valence-electron chi connectivity index (χ0n) is 11.9. The molecule has 0 spiro atoms. The maximum atomic E-state index is 9.03. The molecule has 1 aromatic carbocycles. The number of nitrogens with two attached hydrogens (primary N) is 1. The van der Waals surface area contributed by atoms with Gasteiger partial charge in [-0.2, -0.15) is 5.26 Å². The highest BCUT2D eigenvalue weighted by molar-refractivity contribution is 5.54. The third kappa shape index (κ3) is 2.73. The van der Waals surface area contributed by atoms with Crippen molar-refractivity contribution >= 4 is 5.69 Å². The molecule has 0 aliphatic carbocycles. The second-order valence-electron chi connectivity index (χ2n) is 5.89. The van der Waals surface area contributed by atoms with Crippen LogP contribution in [0, 0.1) is 11.3 Å². The van der Waals surface area contributed by atoms with E-state index in [2.05, 4.69) is 42.8 Å². The van der Waals surface area contributed by atoms with Crippen LogP contribution in [0.1, 0.15) is 19.4 Å². The van der Waals surface area contributed by atoms with Gasteiger partial charge in [-0.25, -0.2) is 0 Å². The minimum atomic E-state index is 0.0362. The number of piperazine rings is 1. The number of hydrogen-bond acceptors (Lipinski definition) is 4. The Labute approximate surface area is 115 Å². The quantitative estimate of drug-likeness (QED) is 0.871. The van der Waals surface area contributed by atoms with E-state index in [1.165, 1.54) is 0 Å². The maximum absolute atomic E-state index is 9.03. The van der Waals surface area contributed by atoms with Crippen LogP contribution in [0.5, 0.6) is 0 Å². The van der Waals surface area contributed by atoms with E-state index < -0.39 is 0 Å². The monoisotopic (exact) mass is 258 g/mol. The van der Waals surface area contributed by atoms with Crippen LogP contribution in [-0.2, 0) is 0 Å². The lowest BCUT2D eigenvalue weighted by Gasteiger charge is -2.51. The number of nitrogens with zero attached hydrogens (tertiary/aromatic N) is 3. The Morgan fingerprint density at radius 1 is 1.47 bits per heavy atom. The SMILES string of the molecule is CN1CC(C)(C)N(c2cccc(C#N)c2)CC1CN. The second kappa shape index (κ2) is 5.20. The van der Waals surface area contributed by atoms with E-state index >= 15 is 0 Å². The molecule has 19 heavy (non-hydrogen) atoms. The fourth-order valence-corrected chi connectivity index (χ4v) is 2.87. The van der Waals surface area contributed by atoms with Gasteiger partial charge in [-0.05, 0) is 39.1 Å². The van der Waals surface area contributed by atoms with Gasteiger partial charge in [0.2, 0.25) is 0 Å². The van der Waals surface area contributed by atoms with Gasteiger partial charge in [0.1, 0.15) is 0 Å². The van der Waals surface area contributed by atoms with Crippen LogP contribution in [-0.4, -0.2) is 43.2 Å². The van der Waals surface area contributed by atoms with Crippen molar-refractivity contribution in [3.63, 3.8) is 0 Å². The van der Waals surface area contributed by atoms with Gasteiger partial charge < -0.3 is 10.6 Å². The normalized spacial score (nSPS) is 23.1. The molecule has 102 valence electrons. The third-order valence-corrected chi connectivity index (χ3v) is 3.94. The van der Waals surface area contributed by atoms with E-state index in [9.17, 15) is 0 Å². The predicted molar refractivity (Wildman–Crippen MR) is 78.1 cm³/mol. The largest absolute Gasteiger partial charge is 0.363 e. The van der Waals surface area contributed by atoms with Crippen LogP contribution in [0.25, 0.3) is 0 Å². The molecule has 1 unspecified atom stereocenters. The molecular weight excluding hydrogens is 236 g/mol. The van der Waals surface area contributed by atoms with Crippen molar-refractivity contribution < 1.29 is 0 Å². The Hall–Kier alpha value is -1.57. The minimum Gasteiger partial charge on any atom is -0.363 e. The first-order valence-corrected chi connectivity index (χ1v) is 6.66. The van der Waals surface area contributed by atoms with Gasteiger partial charge in [-0.1, -0.05) is 6.07 Å². The van der Waals surface area contributed by atoms with E-state index in [1.807, 2.05) is 18.2 Å². The molecule has 1 aliphatic heterocycles. The van der Waals surface area contributed by atoms with Gasteiger partial charge >= 0.3 is 0 Å². The summed E-state index contributed by atoms with van der Waals surface area (Å²) in [7, 11) is 2.13. The summed E-state index contributed by atoms with van der Waals surface area (Å²) in [6.07, 6.45) is 0. The summed E-state index contributed by atoms with van der Waals surface area (Å²) in [5.41, 5.74) is 7.71. The van der Waals surface area contributed by atoms with Crippen molar-refractivity contribution in [2.75, 3.05) is 31.6 Å². The van der Waals surface area contributed by atoms with E-state index in [-0.39, 0.29) is 5.54 Å². The predicted octanol–water partition coefficient (Wildman–Crippen LogP) is 1.42. The Morgan fingerprint density at radius 3 is 2.84 bits per heavy atom. The first kappa shape index (κ1) is 13.9. The number of likely N-dealkylation sites (N-methyl/N-ethyl adjacent to an activating group) is 1. The summed E-state index contributed by atoms with van der Waals surface area (Å²) in [6.45, 7) is 6.98. The molecule has 0 radical (unpaired) electrons. The minimum absolute atomic E-state index is 0.0362. The van der Waals surface area contributed by atoms with Crippen molar-refractivity contribution in [1.82, 2.24) is 4.90 Å². The molecule has 1 saturated heterocycles. The Morgan fingerprint density at radius 2 is 2.21 bits per heavy atom.